The summed E-state index contributed by atoms with van der Waals surface area (Å²) in [5.74, 6) is -0.304. The highest BCUT2D eigenvalue weighted by atomic mass is 35.5. The van der Waals surface area contributed by atoms with E-state index in [0.717, 1.165) is 16.8 Å². The number of hydrazone groups is 2. The van der Waals surface area contributed by atoms with Crippen molar-refractivity contribution in [3.8, 4) is 0 Å². The number of hydrogen-bond acceptors (Lipinski definition) is 6. The van der Waals surface area contributed by atoms with Gasteiger partial charge in [0, 0.05) is 15.6 Å². The number of amides is 1. The van der Waals surface area contributed by atoms with Crippen molar-refractivity contribution in [1.82, 2.24) is 5.43 Å². The maximum absolute atomic E-state index is 12.1. The van der Waals surface area contributed by atoms with E-state index in [4.69, 9.17) is 40.7 Å². The van der Waals surface area contributed by atoms with Crippen molar-refractivity contribution < 1.29 is 22.3 Å². The number of anilines is 1. The molecule has 3 rings (SSSR count). The standard InChI is InChI=1S/C21H16Cl2N4O.H2O4S/c22-18-7-1-15(2-8-18)13-24-26-20-11-5-17(6-12-20)21(28)27-25-14-16-3-9-19(23)10-4-16;1-5(2,3)4/h1-14,26H,(H,27,28);(H2,1,2,3,4). The molecule has 0 radical (unpaired) electrons. The predicted octanol–water partition coefficient (Wildman–Crippen LogP) is 4.55. The van der Waals surface area contributed by atoms with Gasteiger partial charge in [0.05, 0.1) is 18.1 Å². The Morgan fingerprint density at radius 2 is 1.18 bits per heavy atom. The van der Waals surface area contributed by atoms with Gasteiger partial charge in [-0.3, -0.25) is 19.3 Å². The highest BCUT2D eigenvalue weighted by Crippen LogP contribution is 2.11. The van der Waals surface area contributed by atoms with Crippen LogP contribution in [0.3, 0.4) is 0 Å². The maximum Gasteiger partial charge on any atom is 0.394 e. The van der Waals surface area contributed by atoms with E-state index in [1.54, 1.807) is 61.0 Å². The van der Waals surface area contributed by atoms with Crippen LogP contribution in [0.5, 0.6) is 0 Å². The summed E-state index contributed by atoms with van der Waals surface area (Å²) in [6, 6.07) is 21.4. The van der Waals surface area contributed by atoms with Crippen LogP contribution in [0.2, 0.25) is 10.0 Å². The van der Waals surface area contributed by atoms with Crippen molar-refractivity contribution in [2.75, 3.05) is 5.43 Å². The van der Waals surface area contributed by atoms with Crippen molar-refractivity contribution in [3.05, 3.63) is 99.5 Å². The molecule has 12 heteroatoms. The normalized spacial score (nSPS) is 11.2. The van der Waals surface area contributed by atoms with E-state index in [0.29, 0.717) is 15.6 Å². The number of hydrogen-bond donors (Lipinski definition) is 4. The molecule has 0 bridgehead atoms. The number of rotatable bonds is 6. The summed E-state index contributed by atoms with van der Waals surface area (Å²) in [5, 5.41) is 9.42. The zero-order valence-corrected chi connectivity index (χ0v) is 19.1. The Labute approximate surface area is 200 Å². The number of nitrogens with zero attached hydrogens (tertiary/aromatic N) is 2. The molecule has 3 aromatic rings. The first-order valence-electron chi connectivity index (χ1n) is 9.04. The van der Waals surface area contributed by atoms with Gasteiger partial charge in [-0.2, -0.15) is 18.6 Å². The molecule has 33 heavy (non-hydrogen) atoms. The van der Waals surface area contributed by atoms with Gasteiger partial charge in [0.15, 0.2) is 0 Å². The van der Waals surface area contributed by atoms with E-state index < -0.39 is 10.4 Å². The van der Waals surface area contributed by atoms with E-state index >= 15 is 0 Å². The molecular weight excluding hydrogens is 491 g/mol. The van der Waals surface area contributed by atoms with Gasteiger partial charge < -0.3 is 0 Å². The average molecular weight is 509 g/mol. The molecule has 0 aromatic heterocycles. The lowest BCUT2D eigenvalue weighted by Crippen LogP contribution is -2.17. The van der Waals surface area contributed by atoms with E-state index in [2.05, 4.69) is 21.1 Å². The van der Waals surface area contributed by atoms with Gasteiger partial charge in [0.1, 0.15) is 0 Å². The molecule has 172 valence electrons. The van der Waals surface area contributed by atoms with E-state index in [9.17, 15) is 4.79 Å². The molecule has 0 saturated carbocycles. The summed E-state index contributed by atoms with van der Waals surface area (Å²) in [7, 11) is -4.67. The molecule has 0 aliphatic heterocycles. The fourth-order valence-electron chi connectivity index (χ4n) is 2.21. The van der Waals surface area contributed by atoms with Gasteiger partial charge in [-0.1, -0.05) is 47.5 Å². The number of benzene rings is 3. The van der Waals surface area contributed by atoms with Crippen LogP contribution in [0.1, 0.15) is 21.5 Å². The lowest BCUT2D eigenvalue weighted by Gasteiger charge is -2.03. The third-order valence-corrected chi connectivity index (χ3v) is 4.18. The number of carbonyl (C=O) groups is 1. The molecule has 0 fully saturated rings. The Hall–Kier alpha value is -3.28. The highest BCUT2D eigenvalue weighted by molar-refractivity contribution is 7.79. The SMILES string of the molecule is O=C(NN=Cc1ccc(Cl)cc1)c1ccc(NN=Cc2ccc(Cl)cc2)cc1.O=S(=O)(O)O. The number of nitrogens with one attached hydrogen (secondary N) is 2. The minimum atomic E-state index is -4.67. The molecule has 9 nitrogen and oxygen atoms in total. The maximum atomic E-state index is 12.1. The van der Waals surface area contributed by atoms with E-state index in [1.165, 1.54) is 0 Å². The minimum absolute atomic E-state index is 0.304. The Balaban J connectivity index is 0.000000696. The van der Waals surface area contributed by atoms with Crippen LogP contribution in [0.25, 0.3) is 0 Å². The van der Waals surface area contributed by atoms with E-state index in [1.807, 2.05) is 24.3 Å². The molecular formula is C21H18Cl2N4O5S. The van der Waals surface area contributed by atoms with Gasteiger partial charge in [0.2, 0.25) is 0 Å². The van der Waals surface area contributed by atoms with Crippen molar-refractivity contribution >= 4 is 57.6 Å². The Morgan fingerprint density at radius 1 is 0.758 bits per heavy atom. The molecule has 0 aliphatic carbocycles. The first-order chi connectivity index (χ1) is 15.6. The summed E-state index contributed by atoms with van der Waals surface area (Å²) >= 11 is 11.7. The van der Waals surface area contributed by atoms with Gasteiger partial charge in [-0.25, -0.2) is 5.43 Å². The van der Waals surface area contributed by atoms with Crippen molar-refractivity contribution in [3.63, 3.8) is 0 Å². The number of halogens is 2. The highest BCUT2D eigenvalue weighted by Gasteiger charge is 2.03. The van der Waals surface area contributed by atoms with Gasteiger partial charge in [-0.15, -0.1) is 0 Å². The molecule has 0 heterocycles. The molecule has 0 saturated heterocycles. The zero-order chi connectivity index (χ0) is 24.3. The molecule has 0 unspecified atom stereocenters. The van der Waals surface area contributed by atoms with E-state index in [-0.39, 0.29) is 5.91 Å². The Kier molecular flexibility index (Phi) is 9.98. The summed E-state index contributed by atoms with van der Waals surface area (Å²) in [5.41, 5.74) is 8.40. The monoisotopic (exact) mass is 508 g/mol. The van der Waals surface area contributed by atoms with Gasteiger partial charge in [0.25, 0.3) is 5.91 Å². The minimum Gasteiger partial charge on any atom is -0.279 e. The molecule has 1 amide bonds. The average Bonchev–Trinajstić information content (AvgIpc) is 2.76. The van der Waals surface area contributed by atoms with Crippen LogP contribution in [-0.4, -0.2) is 35.9 Å². The quantitative estimate of drug-likeness (QED) is 0.218. The lowest BCUT2D eigenvalue weighted by atomic mass is 10.2. The van der Waals surface area contributed by atoms with Crippen LogP contribution in [0.4, 0.5) is 5.69 Å². The first kappa shape index (κ1) is 26.0. The summed E-state index contributed by atoms with van der Waals surface area (Å²) < 4.78 is 31.6. The van der Waals surface area contributed by atoms with Crippen LogP contribution >= 0.6 is 23.2 Å². The molecule has 3 aromatic carbocycles. The predicted molar refractivity (Wildman–Crippen MR) is 130 cm³/mol. The molecule has 0 atom stereocenters. The van der Waals surface area contributed by atoms with Crippen molar-refractivity contribution in [2.45, 2.75) is 0 Å². The summed E-state index contributed by atoms with van der Waals surface area (Å²) in [6.07, 6.45) is 3.23. The second kappa shape index (κ2) is 12.7. The second-order valence-corrected chi connectivity index (χ2v) is 7.97. The molecule has 0 aliphatic rings. The summed E-state index contributed by atoms with van der Waals surface area (Å²) in [4.78, 5) is 12.1. The van der Waals surface area contributed by atoms with Gasteiger partial charge >= 0.3 is 10.4 Å². The third kappa shape index (κ3) is 11.2. The Bertz CT molecular complexity index is 1210. The van der Waals surface area contributed by atoms with Crippen LogP contribution in [0, 0.1) is 0 Å². The smallest absolute Gasteiger partial charge is 0.279 e. The van der Waals surface area contributed by atoms with Gasteiger partial charge in [-0.05, 0) is 59.7 Å². The van der Waals surface area contributed by atoms with Crippen LogP contribution < -0.4 is 10.9 Å². The van der Waals surface area contributed by atoms with Crippen LogP contribution in [0.15, 0.2) is 83.0 Å². The fraction of sp³-hybridized carbons (Fsp3) is 0. The fourth-order valence-corrected chi connectivity index (χ4v) is 2.46. The third-order valence-electron chi connectivity index (χ3n) is 3.67. The van der Waals surface area contributed by atoms with Crippen molar-refractivity contribution in [1.29, 1.82) is 0 Å². The first-order valence-corrected chi connectivity index (χ1v) is 11.2. The second-order valence-electron chi connectivity index (χ2n) is 6.20. The topological polar surface area (TPSA) is 140 Å². The Morgan fingerprint density at radius 3 is 1.64 bits per heavy atom. The molecule has 0 spiro atoms. The largest absolute Gasteiger partial charge is 0.394 e. The number of carbonyl (C=O) groups excluding carboxylic acids is 1. The lowest BCUT2D eigenvalue weighted by molar-refractivity contribution is 0.0955. The zero-order valence-electron chi connectivity index (χ0n) is 16.8. The van der Waals surface area contributed by atoms with Crippen molar-refractivity contribution in [2.24, 2.45) is 10.2 Å². The summed E-state index contributed by atoms with van der Waals surface area (Å²) in [6.45, 7) is 0. The molecule has 4 N–H and O–H groups in total. The van der Waals surface area contributed by atoms with Crippen LogP contribution in [-0.2, 0) is 10.4 Å².